The largest absolute Gasteiger partial charge is 0.394 e. The molecule has 1 aliphatic heterocycles. The first-order chi connectivity index (χ1) is 7.15. The Morgan fingerprint density at radius 2 is 2.27 bits per heavy atom. The van der Waals surface area contributed by atoms with Crippen LogP contribution in [0, 0.1) is 0 Å². The lowest BCUT2D eigenvalue weighted by Gasteiger charge is -2.34. The molecule has 0 aliphatic carbocycles. The Morgan fingerprint density at radius 1 is 1.53 bits per heavy atom. The van der Waals surface area contributed by atoms with E-state index in [9.17, 15) is 9.90 Å². The number of nitrogens with one attached hydrogen (secondary N) is 1. The lowest BCUT2D eigenvalue weighted by atomic mass is 10.0. The van der Waals surface area contributed by atoms with Crippen molar-refractivity contribution in [3.8, 4) is 0 Å². The first kappa shape index (κ1) is 12.5. The molecule has 0 aromatic carbocycles. The molecule has 4 nitrogen and oxygen atoms in total. The highest BCUT2D eigenvalue weighted by Crippen LogP contribution is 2.16. The predicted octanol–water partition coefficient (Wildman–Crippen LogP) is 0.358. The van der Waals surface area contributed by atoms with E-state index in [1.165, 1.54) is 0 Å². The van der Waals surface area contributed by atoms with Gasteiger partial charge >= 0.3 is 0 Å². The van der Waals surface area contributed by atoms with Crippen molar-refractivity contribution in [3.05, 3.63) is 0 Å². The first-order valence-electron chi connectivity index (χ1n) is 5.79. The van der Waals surface area contributed by atoms with Crippen molar-refractivity contribution < 1.29 is 9.90 Å². The van der Waals surface area contributed by atoms with Crippen molar-refractivity contribution in [2.75, 3.05) is 19.7 Å². The van der Waals surface area contributed by atoms with E-state index in [4.69, 9.17) is 0 Å². The van der Waals surface area contributed by atoms with Gasteiger partial charge in [-0.05, 0) is 19.3 Å². The fourth-order valence-electron chi connectivity index (χ4n) is 1.91. The molecular weight excluding hydrogens is 192 g/mol. The lowest BCUT2D eigenvalue weighted by molar-refractivity contribution is -0.135. The number of likely N-dealkylation sites (tertiary alicyclic amines) is 1. The minimum atomic E-state index is 0.0419. The molecule has 1 fully saturated rings. The van der Waals surface area contributed by atoms with Crippen LogP contribution in [0.5, 0.6) is 0 Å². The van der Waals surface area contributed by atoms with Gasteiger partial charge in [-0.3, -0.25) is 4.79 Å². The van der Waals surface area contributed by atoms with Gasteiger partial charge in [0.15, 0.2) is 0 Å². The Kier molecular flexibility index (Phi) is 5.05. The molecule has 0 saturated carbocycles. The van der Waals surface area contributed by atoms with Gasteiger partial charge in [0, 0.05) is 12.6 Å². The molecule has 1 amide bonds. The third kappa shape index (κ3) is 3.80. The Hall–Kier alpha value is -0.610. The van der Waals surface area contributed by atoms with Crippen molar-refractivity contribution in [2.45, 2.75) is 45.2 Å². The normalized spacial score (nSPS) is 22.1. The number of amides is 1. The van der Waals surface area contributed by atoms with Gasteiger partial charge in [-0.25, -0.2) is 0 Å². The maximum atomic E-state index is 11.8. The van der Waals surface area contributed by atoms with Gasteiger partial charge < -0.3 is 15.3 Å². The number of piperidine rings is 1. The van der Waals surface area contributed by atoms with E-state index in [1.54, 1.807) is 0 Å². The van der Waals surface area contributed by atoms with Crippen LogP contribution in [0.4, 0.5) is 0 Å². The van der Waals surface area contributed by atoms with Gasteiger partial charge in [0.25, 0.3) is 0 Å². The van der Waals surface area contributed by atoms with Gasteiger partial charge in [-0.1, -0.05) is 13.8 Å². The summed E-state index contributed by atoms with van der Waals surface area (Å²) in [5.41, 5.74) is 0. The topological polar surface area (TPSA) is 52.6 Å². The van der Waals surface area contributed by atoms with Crippen LogP contribution >= 0.6 is 0 Å². The van der Waals surface area contributed by atoms with Crippen molar-refractivity contribution in [2.24, 2.45) is 0 Å². The third-order valence-corrected chi connectivity index (χ3v) is 2.82. The zero-order valence-corrected chi connectivity index (χ0v) is 9.70. The molecule has 1 atom stereocenters. The molecule has 1 heterocycles. The zero-order valence-electron chi connectivity index (χ0n) is 9.70. The summed E-state index contributed by atoms with van der Waals surface area (Å²) in [6, 6.07) is 0.367. The highest BCUT2D eigenvalue weighted by Gasteiger charge is 2.25. The van der Waals surface area contributed by atoms with E-state index < -0.39 is 0 Å². The van der Waals surface area contributed by atoms with Gasteiger partial charge in [0.05, 0.1) is 19.2 Å². The maximum absolute atomic E-state index is 11.8. The number of rotatable bonds is 4. The molecule has 0 aromatic rings. The van der Waals surface area contributed by atoms with Crippen LogP contribution in [0.1, 0.15) is 33.1 Å². The van der Waals surface area contributed by atoms with Crippen LogP contribution in [0.3, 0.4) is 0 Å². The molecule has 88 valence electrons. The van der Waals surface area contributed by atoms with Crippen LogP contribution < -0.4 is 5.32 Å². The number of hydrogen-bond acceptors (Lipinski definition) is 3. The summed E-state index contributed by atoms with van der Waals surface area (Å²) in [5.74, 6) is 0.113. The summed E-state index contributed by atoms with van der Waals surface area (Å²) in [6.45, 7) is 5.31. The van der Waals surface area contributed by atoms with E-state index in [1.807, 2.05) is 18.7 Å². The van der Waals surface area contributed by atoms with Gasteiger partial charge in [0.1, 0.15) is 0 Å². The summed E-state index contributed by atoms with van der Waals surface area (Å²) < 4.78 is 0. The number of aliphatic hydroxyl groups is 1. The van der Waals surface area contributed by atoms with Gasteiger partial charge in [0.2, 0.25) is 5.91 Å². The fraction of sp³-hybridized carbons (Fsp3) is 0.909. The van der Waals surface area contributed by atoms with Crippen molar-refractivity contribution in [1.29, 1.82) is 0 Å². The number of carbonyl (C=O) groups is 1. The predicted molar refractivity (Wildman–Crippen MR) is 59.6 cm³/mol. The van der Waals surface area contributed by atoms with Gasteiger partial charge in [-0.15, -0.1) is 0 Å². The zero-order chi connectivity index (χ0) is 11.3. The molecular formula is C11H22N2O2. The molecule has 15 heavy (non-hydrogen) atoms. The molecule has 0 spiro atoms. The van der Waals surface area contributed by atoms with Crippen molar-refractivity contribution >= 4 is 5.91 Å². The molecule has 2 N–H and O–H groups in total. The quantitative estimate of drug-likeness (QED) is 0.710. The summed E-state index contributed by atoms with van der Waals surface area (Å²) in [7, 11) is 0. The van der Waals surface area contributed by atoms with Crippen LogP contribution in [0.15, 0.2) is 0 Å². The summed E-state index contributed by atoms with van der Waals surface area (Å²) in [5, 5.41) is 12.3. The number of hydrogen-bond donors (Lipinski definition) is 2. The van der Waals surface area contributed by atoms with E-state index in [-0.39, 0.29) is 18.6 Å². The molecule has 1 saturated heterocycles. The Balaban J connectivity index is 2.41. The molecule has 4 heteroatoms. The highest BCUT2D eigenvalue weighted by atomic mass is 16.3. The van der Waals surface area contributed by atoms with E-state index >= 15 is 0 Å². The number of aliphatic hydroxyl groups excluding tert-OH is 1. The SMILES string of the molecule is CC(C)NCC(=O)N1CCCCC1CO. The number of carbonyl (C=O) groups excluding carboxylic acids is 1. The van der Waals surface area contributed by atoms with Crippen LogP contribution in [-0.4, -0.2) is 47.7 Å². The van der Waals surface area contributed by atoms with Crippen LogP contribution in [-0.2, 0) is 4.79 Å². The second-order valence-corrected chi connectivity index (χ2v) is 4.45. The van der Waals surface area contributed by atoms with Crippen LogP contribution in [0.2, 0.25) is 0 Å². The van der Waals surface area contributed by atoms with Crippen LogP contribution in [0.25, 0.3) is 0 Å². The standard InChI is InChI=1S/C11H22N2O2/c1-9(2)12-7-11(15)13-6-4-3-5-10(13)8-14/h9-10,12,14H,3-8H2,1-2H3. The molecule has 1 rings (SSSR count). The summed E-state index contributed by atoms with van der Waals surface area (Å²) in [4.78, 5) is 13.6. The second kappa shape index (κ2) is 6.08. The molecule has 0 aromatic heterocycles. The fourth-order valence-corrected chi connectivity index (χ4v) is 1.91. The molecule has 1 aliphatic rings. The summed E-state index contributed by atoms with van der Waals surface area (Å²) in [6.07, 6.45) is 3.11. The average molecular weight is 214 g/mol. The Bertz CT molecular complexity index is 207. The smallest absolute Gasteiger partial charge is 0.236 e. The van der Waals surface area contributed by atoms with Gasteiger partial charge in [-0.2, -0.15) is 0 Å². The number of nitrogens with zero attached hydrogens (tertiary/aromatic N) is 1. The molecule has 1 unspecified atom stereocenters. The van der Waals surface area contributed by atoms with Crippen molar-refractivity contribution in [1.82, 2.24) is 10.2 Å². The highest BCUT2D eigenvalue weighted by molar-refractivity contribution is 5.78. The van der Waals surface area contributed by atoms with E-state index in [2.05, 4.69) is 5.32 Å². The van der Waals surface area contributed by atoms with E-state index in [0.717, 1.165) is 25.8 Å². The average Bonchev–Trinajstić information content (AvgIpc) is 2.25. The maximum Gasteiger partial charge on any atom is 0.236 e. The molecule has 0 radical (unpaired) electrons. The minimum absolute atomic E-state index is 0.0419. The molecule has 0 bridgehead atoms. The second-order valence-electron chi connectivity index (χ2n) is 4.45. The third-order valence-electron chi connectivity index (χ3n) is 2.82. The van der Waals surface area contributed by atoms with E-state index in [0.29, 0.717) is 12.6 Å². The first-order valence-corrected chi connectivity index (χ1v) is 5.79. The Labute approximate surface area is 91.6 Å². The lowest BCUT2D eigenvalue weighted by Crippen LogP contribution is -2.49. The minimum Gasteiger partial charge on any atom is -0.394 e. The monoisotopic (exact) mass is 214 g/mol. The summed E-state index contributed by atoms with van der Waals surface area (Å²) >= 11 is 0. The Morgan fingerprint density at radius 3 is 2.87 bits per heavy atom. The van der Waals surface area contributed by atoms with Crippen molar-refractivity contribution in [3.63, 3.8) is 0 Å².